The molecule has 1 aromatic rings. The molecule has 0 aliphatic carbocycles. The van der Waals surface area contributed by atoms with Gasteiger partial charge in [0.2, 0.25) is 5.91 Å². The third-order valence-corrected chi connectivity index (χ3v) is 2.06. The molecule has 96 valence electrons. The topological polar surface area (TPSA) is 121 Å². The number of halogens is 1. The standard InChI is InChI=1S/C9H14N4O3.ClH/c1-5(9(15)16)13-8(14)7(10)2-6-3-11-4-12-6;/h3-5,7H,2,10H2,1H3,(H,11,12)(H,13,14)(H,15,16);1H. The van der Waals surface area contributed by atoms with E-state index >= 15 is 0 Å². The van der Waals surface area contributed by atoms with Crippen LogP contribution in [0, 0.1) is 0 Å². The lowest BCUT2D eigenvalue weighted by atomic mass is 10.1. The number of hydrogen-bond acceptors (Lipinski definition) is 4. The maximum absolute atomic E-state index is 11.5. The van der Waals surface area contributed by atoms with Crippen molar-refractivity contribution in [3.8, 4) is 0 Å². The van der Waals surface area contributed by atoms with Gasteiger partial charge in [0.15, 0.2) is 0 Å². The molecule has 2 unspecified atom stereocenters. The van der Waals surface area contributed by atoms with Crippen molar-refractivity contribution in [2.75, 3.05) is 0 Å². The van der Waals surface area contributed by atoms with E-state index in [9.17, 15) is 9.59 Å². The summed E-state index contributed by atoms with van der Waals surface area (Å²) in [6.45, 7) is 1.38. The van der Waals surface area contributed by atoms with Gasteiger partial charge in [0, 0.05) is 18.3 Å². The van der Waals surface area contributed by atoms with Crippen LogP contribution in [0.4, 0.5) is 0 Å². The summed E-state index contributed by atoms with van der Waals surface area (Å²) in [6, 6.07) is -1.73. The maximum Gasteiger partial charge on any atom is 0.325 e. The predicted octanol–water partition coefficient (Wildman–Crippen LogP) is -0.709. The fraction of sp³-hybridized carbons (Fsp3) is 0.444. The van der Waals surface area contributed by atoms with Crippen molar-refractivity contribution in [3.05, 3.63) is 18.2 Å². The molecule has 0 aliphatic rings. The second kappa shape index (κ2) is 6.87. The summed E-state index contributed by atoms with van der Waals surface area (Å²) in [5, 5.41) is 10.9. The van der Waals surface area contributed by atoms with E-state index in [1.54, 1.807) is 6.20 Å². The van der Waals surface area contributed by atoms with Gasteiger partial charge in [-0.3, -0.25) is 9.59 Å². The van der Waals surface area contributed by atoms with E-state index in [4.69, 9.17) is 10.8 Å². The highest BCUT2D eigenvalue weighted by Gasteiger charge is 2.19. The van der Waals surface area contributed by atoms with E-state index < -0.39 is 24.0 Å². The zero-order chi connectivity index (χ0) is 12.1. The molecule has 8 heteroatoms. The summed E-state index contributed by atoms with van der Waals surface area (Å²) in [5.41, 5.74) is 6.33. The van der Waals surface area contributed by atoms with Crippen LogP contribution in [0.3, 0.4) is 0 Å². The number of hydrogen-bond donors (Lipinski definition) is 4. The van der Waals surface area contributed by atoms with Crippen LogP contribution < -0.4 is 11.1 Å². The molecule has 0 fully saturated rings. The molecule has 0 aliphatic heterocycles. The Morgan fingerprint density at radius 1 is 1.65 bits per heavy atom. The first-order chi connectivity index (χ1) is 7.50. The van der Waals surface area contributed by atoms with Crippen molar-refractivity contribution in [2.24, 2.45) is 5.73 Å². The van der Waals surface area contributed by atoms with Crippen LogP contribution in [0.5, 0.6) is 0 Å². The number of nitrogens with zero attached hydrogens (tertiary/aromatic N) is 1. The minimum absolute atomic E-state index is 0. The van der Waals surface area contributed by atoms with Gasteiger partial charge in [-0.25, -0.2) is 4.98 Å². The van der Waals surface area contributed by atoms with Gasteiger partial charge in [0.05, 0.1) is 12.4 Å². The second-order valence-corrected chi connectivity index (χ2v) is 3.46. The number of carbonyl (C=O) groups is 2. The number of carbonyl (C=O) groups excluding carboxylic acids is 1. The second-order valence-electron chi connectivity index (χ2n) is 3.46. The Morgan fingerprint density at radius 3 is 2.76 bits per heavy atom. The van der Waals surface area contributed by atoms with Gasteiger partial charge in [0.25, 0.3) is 0 Å². The lowest BCUT2D eigenvalue weighted by Gasteiger charge is -2.13. The first-order valence-electron chi connectivity index (χ1n) is 4.76. The van der Waals surface area contributed by atoms with E-state index in [0.717, 1.165) is 5.69 Å². The van der Waals surface area contributed by atoms with Gasteiger partial charge in [-0.05, 0) is 6.92 Å². The number of carboxylic acids is 1. The molecule has 0 radical (unpaired) electrons. The van der Waals surface area contributed by atoms with Crippen LogP contribution in [-0.4, -0.2) is 39.0 Å². The van der Waals surface area contributed by atoms with Crippen molar-refractivity contribution >= 4 is 24.3 Å². The van der Waals surface area contributed by atoms with Gasteiger partial charge < -0.3 is 21.1 Å². The molecule has 0 saturated heterocycles. The summed E-state index contributed by atoms with van der Waals surface area (Å²) >= 11 is 0. The first-order valence-corrected chi connectivity index (χ1v) is 4.76. The summed E-state index contributed by atoms with van der Waals surface area (Å²) in [6.07, 6.45) is 3.34. The Kier molecular flexibility index (Phi) is 6.22. The molecule has 0 spiro atoms. The molecule has 0 saturated carbocycles. The van der Waals surface area contributed by atoms with Crippen molar-refractivity contribution in [2.45, 2.75) is 25.4 Å². The Labute approximate surface area is 104 Å². The Bertz CT molecular complexity index is 368. The molecule has 1 amide bonds. The Morgan fingerprint density at radius 2 is 2.29 bits per heavy atom. The van der Waals surface area contributed by atoms with Crippen LogP contribution in [-0.2, 0) is 16.0 Å². The van der Waals surface area contributed by atoms with E-state index in [1.165, 1.54) is 13.3 Å². The number of H-pyrrole nitrogens is 1. The van der Waals surface area contributed by atoms with Crippen LogP contribution in [0.15, 0.2) is 12.5 Å². The van der Waals surface area contributed by atoms with Crippen molar-refractivity contribution < 1.29 is 14.7 Å². The number of nitrogens with one attached hydrogen (secondary N) is 2. The van der Waals surface area contributed by atoms with Crippen molar-refractivity contribution in [1.29, 1.82) is 0 Å². The maximum atomic E-state index is 11.5. The minimum Gasteiger partial charge on any atom is -0.480 e. The molecule has 0 aromatic carbocycles. The quantitative estimate of drug-likeness (QED) is 0.559. The zero-order valence-electron chi connectivity index (χ0n) is 9.21. The van der Waals surface area contributed by atoms with E-state index in [1.807, 2.05) is 0 Å². The van der Waals surface area contributed by atoms with Gasteiger partial charge >= 0.3 is 5.97 Å². The fourth-order valence-electron chi connectivity index (χ4n) is 1.11. The summed E-state index contributed by atoms with van der Waals surface area (Å²) < 4.78 is 0. The first kappa shape index (κ1) is 15.4. The SMILES string of the molecule is CC(NC(=O)C(N)Cc1cnc[nH]1)C(=O)O.Cl. The number of amides is 1. The Balaban J connectivity index is 0.00000256. The van der Waals surface area contributed by atoms with Crippen molar-refractivity contribution in [3.63, 3.8) is 0 Å². The molecule has 2 atom stereocenters. The molecular weight excluding hydrogens is 248 g/mol. The molecular formula is C9H15ClN4O3. The average Bonchev–Trinajstić information content (AvgIpc) is 2.69. The van der Waals surface area contributed by atoms with Gasteiger partial charge in [0.1, 0.15) is 6.04 Å². The summed E-state index contributed by atoms with van der Waals surface area (Å²) in [5.74, 6) is -1.59. The molecule has 17 heavy (non-hydrogen) atoms. The lowest BCUT2D eigenvalue weighted by Crippen LogP contribution is -2.48. The predicted molar refractivity (Wildman–Crippen MR) is 62.8 cm³/mol. The average molecular weight is 263 g/mol. The van der Waals surface area contributed by atoms with E-state index in [0.29, 0.717) is 0 Å². The number of aliphatic carboxylic acids is 1. The third-order valence-electron chi connectivity index (χ3n) is 2.06. The van der Waals surface area contributed by atoms with Crippen molar-refractivity contribution in [1.82, 2.24) is 15.3 Å². The number of nitrogens with two attached hydrogens (primary N) is 1. The number of carboxylic acid groups (broad SMARTS) is 1. The summed E-state index contributed by atoms with van der Waals surface area (Å²) in [4.78, 5) is 28.6. The fourth-order valence-corrected chi connectivity index (χ4v) is 1.11. The van der Waals surface area contributed by atoms with Crippen LogP contribution in [0.1, 0.15) is 12.6 Å². The molecule has 1 rings (SSSR count). The van der Waals surface area contributed by atoms with Crippen LogP contribution in [0.2, 0.25) is 0 Å². The number of aromatic nitrogens is 2. The smallest absolute Gasteiger partial charge is 0.325 e. The van der Waals surface area contributed by atoms with Crippen LogP contribution in [0.25, 0.3) is 0 Å². The highest BCUT2D eigenvalue weighted by molar-refractivity contribution is 5.86. The zero-order valence-corrected chi connectivity index (χ0v) is 10.0. The number of aromatic amines is 1. The third kappa shape index (κ3) is 4.83. The molecule has 0 bridgehead atoms. The van der Waals surface area contributed by atoms with Gasteiger partial charge in [-0.1, -0.05) is 0 Å². The van der Waals surface area contributed by atoms with Gasteiger partial charge in [-0.15, -0.1) is 12.4 Å². The molecule has 1 heterocycles. The number of imidazole rings is 1. The van der Waals surface area contributed by atoms with E-state index in [-0.39, 0.29) is 18.8 Å². The summed E-state index contributed by atoms with van der Waals surface area (Å²) in [7, 11) is 0. The largest absolute Gasteiger partial charge is 0.480 e. The highest BCUT2D eigenvalue weighted by atomic mass is 35.5. The Hall–Kier alpha value is -1.60. The molecule has 1 aromatic heterocycles. The van der Waals surface area contributed by atoms with E-state index in [2.05, 4.69) is 15.3 Å². The highest BCUT2D eigenvalue weighted by Crippen LogP contribution is 1.96. The van der Waals surface area contributed by atoms with Gasteiger partial charge in [-0.2, -0.15) is 0 Å². The number of rotatable bonds is 5. The van der Waals surface area contributed by atoms with Crippen LogP contribution >= 0.6 is 12.4 Å². The lowest BCUT2D eigenvalue weighted by molar-refractivity contribution is -0.141. The normalized spacial score (nSPS) is 13.3. The monoisotopic (exact) mass is 262 g/mol. The minimum atomic E-state index is -1.10. The molecule has 7 nitrogen and oxygen atoms in total. The molecule has 5 N–H and O–H groups in total.